The Labute approximate surface area is 143 Å². The molecule has 0 bridgehead atoms. The Morgan fingerprint density at radius 3 is 2.68 bits per heavy atom. The van der Waals surface area contributed by atoms with E-state index in [4.69, 9.17) is 45.9 Å². The Kier molecular flexibility index (Phi) is 5.96. The van der Waals surface area contributed by atoms with Crippen molar-refractivity contribution in [2.24, 2.45) is 10.8 Å². The van der Waals surface area contributed by atoms with Gasteiger partial charge < -0.3 is 15.4 Å². The Balaban J connectivity index is 2.18. The van der Waals surface area contributed by atoms with Crippen molar-refractivity contribution >= 4 is 57.7 Å². The standard InChI is InChI=1S/C13H14Cl2N4O2S/c14-8-1-2-9(15)10(7-8)17-18-11(12(16)22)13(20)19-3-5-21-6-4-19/h1-2,7,17H,3-6H2,(H2,16,22). The van der Waals surface area contributed by atoms with Gasteiger partial charge in [-0.25, -0.2) is 0 Å². The second kappa shape index (κ2) is 7.73. The molecule has 1 heterocycles. The van der Waals surface area contributed by atoms with E-state index < -0.39 is 0 Å². The first kappa shape index (κ1) is 17.0. The Bertz CT molecular complexity index is 618. The zero-order valence-electron chi connectivity index (χ0n) is 11.5. The molecule has 1 aliphatic rings. The van der Waals surface area contributed by atoms with Gasteiger partial charge in [0.05, 0.1) is 23.9 Å². The van der Waals surface area contributed by atoms with E-state index in [-0.39, 0.29) is 16.6 Å². The number of halogens is 2. The smallest absolute Gasteiger partial charge is 0.277 e. The zero-order valence-corrected chi connectivity index (χ0v) is 13.8. The summed E-state index contributed by atoms with van der Waals surface area (Å²) in [5.41, 5.74) is 8.70. The van der Waals surface area contributed by atoms with Crippen molar-refractivity contribution in [2.75, 3.05) is 31.7 Å². The van der Waals surface area contributed by atoms with Gasteiger partial charge in [0.25, 0.3) is 5.91 Å². The molecule has 0 atom stereocenters. The maximum Gasteiger partial charge on any atom is 0.277 e. The quantitative estimate of drug-likeness (QED) is 0.487. The van der Waals surface area contributed by atoms with Crippen LogP contribution in [0, 0.1) is 0 Å². The summed E-state index contributed by atoms with van der Waals surface area (Å²) < 4.78 is 5.20. The highest BCUT2D eigenvalue weighted by atomic mass is 35.5. The highest BCUT2D eigenvalue weighted by Crippen LogP contribution is 2.25. The third kappa shape index (κ3) is 4.30. The van der Waals surface area contributed by atoms with Crippen LogP contribution in [0.2, 0.25) is 10.0 Å². The fourth-order valence-electron chi connectivity index (χ4n) is 1.82. The summed E-state index contributed by atoms with van der Waals surface area (Å²) in [6, 6.07) is 4.85. The molecule has 1 saturated heterocycles. The number of benzene rings is 1. The molecule has 2 rings (SSSR count). The molecule has 1 aliphatic heterocycles. The van der Waals surface area contributed by atoms with Gasteiger partial charge in [-0.05, 0) is 18.2 Å². The number of ether oxygens (including phenoxy) is 1. The van der Waals surface area contributed by atoms with Crippen molar-refractivity contribution in [1.82, 2.24) is 4.90 Å². The zero-order chi connectivity index (χ0) is 16.1. The molecule has 0 aliphatic carbocycles. The van der Waals surface area contributed by atoms with Gasteiger partial charge in [-0.15, -0.1) is 0 Å². The number of nitrogens with zero attached hydrogens (tertiary/aromatic N) is 2. The van der Waals surface area contributed by atoms with Crippen LogP contribution in [-0.4, -0.2) is 47.8 Å². The van der Waals surface area contributed by atoms with Crippen LogP contribution in [0.15, 0.2) is 23.3 Å². The second-order valence-electron chi connectivity index (χ2n) is 4.47. The van der Waals surface area contributed by atoms with Gasteiger partial charge in [0.15, 0.2) is 5.71 Å². The van der Waals surface area contributed by atoms with Crippen LogP contribution in [0.1, 0.15) is 0 Å². The Hall–Kier alpha value is -1.41. The molecule has 9 heteroatoms. The molecular formula is C13H14Cl2N4O2S. The molecule has 1 fully saturated rings. The fourth-order valence-corrected chi connectivity index (χ4v) is 2.29. The topological polar surface area (TPSA) is 79.9 Å². The number of nitrogens with two attached hydrogens (primary N) is 1. The molecule has 1 aromatic rings. The number of carbonyl (C=O) groups is 1. The average molecular weight is 361 g/mol. The predicted octanol–water partition coefficient (Wildman–Crippen LogP) is 1.91. The molecule has 3 N–H and O–H groups in total. The summed E-state index contributed by atoms with van der Waals surface area (Å²) in [5.74, 6) is -0.346. The van der Waals surface area contributed by atoms with Crippen molar-refractivity contribution in [3.8, 4) is 0 Å². The number of rotatable bonds is 4. The van der Waals surface area contributed by atoms with Crippen LogP contribution >= 0.6 is 35.4 Å². The van der Waals surface area contributed by atoms with Gasteiger partial charge >= 0.3 is 0 Å². The lowest BCUT2D eigenvalue weighted by molar-refractivity contribution is -0.127. The summed E-state index contributed by atoms with van der Waals surface area (Å²) in [6.45, 7) is 1.89. The van der Waals surface area contributed by atoms with Crippen molar-refractivity contribution in [3.05, 3.63) is 28.2 Å². The maximum absolute atomic E-state index is 12.4. The maximum atomic E-state index is 12.4. The summed E-state index contributed by atoms with van der Waals surface area (Å²) in [6.07, 6.45) is 0. The van der Waals surface area contributed by atoms with Gasteiger partial charge in [0.1, 0.15) is 4.99 Å². The first-order valence-electron chi connectivity index (χ1n) is 6.44. The van der Waals surface area contributed by atoms with E-state index in [2.05, 4.69) is 10.5 Å². The molecule has 22 heavy (non-hydrogen) atoms. The number of hydrazone groups is 1. The Morgan fingerprint density at radius 2 is 2.05 bits per heavy atom. The lowest BCUT2D eigenvalue weighted by Crippen LogP contribution is -2.47. The van der Waals surface area contributed by atoms with Gasteiger partial charge in [0, 0.05) is 18.1 Å². The van der Waals surface area contributed by atoms with Crippen molar-refractivity contribution < 1.29 is 9.53 Å². The molecule has 0 spiro atoms. The highest BCUT2D eigenvalue weighted by Gasteiger charge is 2.24. The normalized spacial score (nSPS) is 15.5. The number of amides is 1. The first-order chi connectivity index (χ1) is 10.5. The van der Waals surface area contributed by atoms with E-state index in [1.807, 2.05) is 0 Å². The lowest BCUT2D eigenvalue weighted by atomic mass is 10.3. The third-order valence-corrected chi connectivity index (χ3v) is 3.71. The molecular weight excluding hydrogens is 347 g/mol. The van der Waals surface area contributed by atoms with Crippen LogP contribution in [0.25, 0.3) is 0 Å². The number of anilines is 1. The van der Waals surface area contributed by atoms with Crippen molar-refractivity contribution in [1.29, 1.82) is 0 Å². The molecule has 0 aromatic heterocycles. The molecule has 1 amide bonds. The van der Waals surface area contributed by atoms with Gasteiger partial charge in [-0.2, -0.15) is 5.10 Å². The number of thiocarbonyl (C=S) groups is 1. The monoisotopic (exact) mass is 360 g/mol. The van der Waals surface area contributed by atoms with Crippen molar-refractivity contribution in [3.63, 3.8) is 0 Å². The number of nitrogens with one attached hydrogen (secondary N) is 1. The minimum Gasteiger partial charge on any atom is -0.388 e. The minimum absolute atomic E-state index is 0.0343. The van der Waals surface area contributed by atoms with Crippen LogP contribution < -0.4 is 11.2 Å². The number of morpholine rings is 1. The Morgan fingerprint density at radius 1 is 1.36 bits per heavy atom. The van der Waals surface area contributed by atoms with Gasteiger partial charge in [-0.3, -0.25) is 10.2 Å². The van der Waals surface area contributed by atoms with Crippen LogP contribution in [0.3, 0.4) is 0 Å². The van der Waals surface area contributed by atoms with Crippen molar-refractivity contribution in [2.45, 2.75) is 0 Å². The SMILES string of the molecule is NC(=S)C(=NNc1cc(Cl)ccc1Cl)C(=O)N1CCOCC1. The first-order valence-corrected chi connectivity index (χ1v) is 7.61. The minimum atomic E-state index is -0.346. The summed E-state index contributed by atoms with van der Waals surface area (Å²) in [7, 11) is 0. The van der Waals surface area contributed by atoms with Crippen LogP contribution in [0.4, 0.5) is 5.69 Å². The average Bonchev–Trinajstić information content (AvgIpc) is 2.51. The number of carbonyl (C=O) groups excluding carboxylic acids is 1. The highest BCUT2D eigenvalue weighted by molar-refractivity contribution is 7.82. The molecule has 118 valence electrons. The van der Waals surface area contributed by atoms with E-state index in [1.165, 1.54) is 0 Å². The van der Waals surface area contributed by atoms with Crippen LogP contribution in [0.5, 0.6) is 0 Å². The summed E-state index contributed by atoms with van der Waals surface area (Å²) in [5, 5.41) is 4.89. The molecule has 0 saturated carbocycles. The lowest BCUT2D eigenvalue weighted by Gasteiger charge is -2.26. The summed E-state index contributed by atoms with van der Waals surface area (Å²) >= 11 is 16.8. The van der Waals surface area contributed by atoms with E-state index in [9.17, 15) is 4.79 Å². The van der Waals surface area contributed by atoms with E-state index in [0.29, 0.717) is 42.0 Å². The van der Waals surface area contributed by atoms with Gasteiger partial charge in [-0.1, -0.05) is 35.4 Å². The van der Waals surface area contributed by atoms with E-state index in [0.717, 1.165) is 0 Å². The predicted molar refractivity (Wildman–Crippen MR) is 91.7 cm³/mol. The molecule has 0 radical (unpaired) electrons. The number of hydrogen-bond donors (Lipinski definition) is 2. The molecule has 1 aromatic carbocycles. The fraction of sp³-hybridized carbons (Fsp3) is 0.308. The van der Waals surface area contributed by atoms with Gasteiger partial charge in [0.2, 0.25) is 0 Å². The van der Waals surface area contributed by atoms with E-state index >= 15 is 0 Å². The van der Waals surface area contributed by atoms with E-state index in [1.54, 1.807) is 23.1 Å². The summed E-state index contributed by atoms with van der Waals surface area (Å²) in [4.78, 5) is 13.9. The largest absolute Gasteiger partial charge is 0.388 e. The molecule has 0 unspecified atom stereocenters. The third-order valence-electron chi connectivity index (χ3n) is 2.95. The second-order valence-corrected chi connectivity index (χ2v) is 5.75. The number of hydrogen-bond acceptors (Lipinski definition) is 5. The van der Waals surface area contributed by atoms with Crippen LogP contribution in [-0.2, 0) is 9.53 Å². The molecule has 6 nitrogen and oxygen atoms in total.